The molecule has 1 aliphatic rings. The summed E-state index contributed by atoms with van der Waals surface area (Å²) < 4.78 is 29.9. The van der Waals surface area contributed by atoms with Gasteiger partial charge in [0.05, 0.1) is 17.8 Å². The van der Waals surface area contributed by atoms with E-state index in [1.807, 2.05) is 0 Å². The van der Waals surface area contributed by atoms with Gasteiger partial charge in [-0.3, -0.25) is 4.79 Å². The second-order valence-corrected chi connectivity index (χ2v) is 8.63. The van der Waals surface area contributed by atoms with Crippen molar-refractivity contribution in [2.75, 3.05) is 52.1 Å². The first-order valence-electron chi connectivity index (χ1n) is 9.00. The van der Waals surface area contributed by atoms with Gasteiger partial charge in [0.25, 0.3) is 0 Å². The maximum atomic E-state index is 12.4. The van der Waals surface area contributed by atoms with E-state index in [0.29, 0.717) is 12.3 Å². The van der Waals surface area contributed by atoms with Crippen LogP contribution < -0.4 is 15.4 Å². The summed E-state index contributed by atoms with van der Waals surface area (Å²) in [7, 11) is -1.98. The van der Waals surface area contributed by atoms with Crippen LogP contribution in [0.1, 0.15) is 13.3 Å². The fourth-order valence-electron chi connectivity index (χ4n) is 2.91. The standard InChI is InChI=1S/C18H29N3O4S/c1-15(14-26(23,24)17-6-4-16(25-2)5-7-17)18(22)20-8-3-11-21-12-9-19-10-13-21/h4-7,15,19H,3,8-14H2,1-2H3,(H,20,22). The lowest BCUT2D eigenvalue weighted by Crippen LogP contribution is -2.44. The lowest BCUT2D eigenvalue weighted by atomic mass is 10.2. The highest BCUT2D eigenvalue weighted by molar-refractivity contribution is 7.91. The zero-order chi connectivity index (χ0) is 19.0. The molecule has 2 rings (SSSR count). The zero-order valence-corrected chi connectivity index (χ0v) is 16.3. The topological polar surface area (TPSA) is 87.7 Å². The monoisotopic (exact) mass is 383 g/mol. The van der Waals surface area contributed by atoms with Crippen molar-refractivity contribution in [2.45, 2.75) is 18.2 Å². The molecule has 1 atom stereocenters. The normalized spacial score (nSPS) is 16.8. The Morgan fingerprint density at radius 2 is 1.92 bits per heavy atom. The van der Waals surface area contributed by atoms with E-state index in [-0.39, 0.29) is 16.6 Å². The maximum Gasteiger partial charge on any atom is 0.223 e. The van der Waals surface area contributed by atoms with Crippen LogP contribution in [0, 0.1) is 5.92 Å². The van der Waals surface area contributed by atoms with E-state index in [2.05, 4.69) is 15.5 Å². The quantitative estimate of drug-likeness (QED) is 0.605. The van der Waals surface area contributed by atoms with E-state index >= 15 is 0 Å². The molecular weight excluding hydrogens is 354 g/mol. The fourth-order valence-corrected chi connectivity index (χ4v) is 4.46. The van der Waals surface area contributed by atoms with Crippen LogP contribution >= 0.6 is 0 Å². The summed E-state index contributed by atoms with van der Waals surface area (Å²) in [6, 6.07) is 6.22. The highest BCUT2D eigenvalue weighted by Crippen LogP contribution is 2.18. The summed E-state index contributed by atoms with van der Waals surface area (Å²) in [5.74, 6) is -0.425. The first kappa shape index (κ1) is 20.7. The Labute approximate surface area is 156 Å². The summed E-state index contributed by atoms with van der Waals surface area (Å²) in [6.07, 6.45) is 0.865. The molecule has 1 aromatic carbocycles. The van der Waals surface area contributed by atoms with Gasteiger partial charge in [-0.1, -0.05) is 6.92 Å². The predicted molar refractivity (Wildman–Crippen MR) is 101 cm³/mol. The molecule has 1 unspecified atom stereocenters. The van der Waals surface area contributed by atoms with Crippen LogP contribution in [0.2, 0.25) is 0 Å². The number of rotatable bonds is 9. The average Bonchev–Trinajstić information content (AvgIpc) is 2.65. The molecule has 0 bridgehead atoms. The van der Waals surface area contributed by atoms with Crippen molar-refractivity contribution >= 4 is 15.7 Å². The molecule has 1 heterocycles. The van der Waals surface area contributed by atoms with Crippen molar-refractivity contribution in [1.82, 2.24) is 15.5 Å². The molecule has 1 amide bonds. The number of hydrogen-bond acceptors (Lipinski definition) is 6. The van der Waals surface area contributed by atoms with Crippen LogP contribution in [0.25, 0.3) is 0 Å². The van der Waals surface area contributed by atoms with Crippen LogP contribution in [-0.4, -0.2) is 71.4 Å². The summed E-state index contributed by atoms with van der Waals surface area (Å²) in [5, 5.41) is 6.15. The van der Waals surface area contributed by atoms with Crippen LogP contribution in [0.3, 0.4) is 0 Å². The Kier molecular flexibility index (Phi) is 7.86. The number of nitrogens with zero attached hydrogens (tertiary/aromatic N) is 1. The number of benzene rings is 1. The van der Waals surface area contributed by atoms with Crippen molar-refractivity contribution in [3.05, 3.63) is 24.3 Å². The minimum absolute atomic E-state index is 0.205. The van der Waals surface area contributed by atoms with Gasteiger partial charge in [-0.05, 0) is 37.2 Å². The average molecular weight is 384 g/mol. The van der Waals surface area contributed by atoms with Crippen molar-refractivity contribution in [3.63, 3.8) is 0 Å². The molecule has 26 heavy (non-hydrogen) atoms. The second-order valence-electron chi connectivity index (χ2n) is 6.59. The number of carbonyl (C=O) groups excluding carboxylic acids is 1. The van der Waals surface area contributed by atoms with Crippen LogP contribution in [0.15, 0.2) is 29.2 Å². The lowest BCUT2D eigenvalue weighted by molar-refractivity contribution is -0.123. The van der Waals surface area contributed by atoms with E-state index in [0.717, 1.165) is 39.1 Å². The third kappa shape index (κ3) is 6.26. The van der Waals surface area contributed by atoms with Crippen LogP contribution in [0.5, 0.6) is 5.75 Å². The van der Waals surface area contributed by atoms with Crippen LogP contribution in [0.4, 0.5) is 0 Å². The molecule has 7 nitrogen and oxygen atoms in total. The first-order chi connectivity index (χ1) is 12.4. The number of methoxy groups -OCH3 is 1. The van der Waals surface area contributed by atoms with E-state index in [1.54, 1.807) is 19.1 Å². The molecular formula is C18H29N3O4S. The summed E-state index contributed by atoms with van der Waals surface area (Å²) in [4.78, 5) is 14.8. The lowest BCUT2D eigenvalue weighted by Gasteiger charge is -2.27. The largest absolute Gasteiger partial charge is 0.497 e. The van der Waals surface area contributed by atoms with Gasteiger partial charge in [0.2, 0.25) is 5.91 Å². The molecule has 0 spiro atoms. The molecule has 0 radical (unpaired) electrons. The molecule has 1 saturated heterocycles. The number of sulfone groups is 1. The second kappa shape index (κ2) is 9.89. The Balaban J connectivity index is 1.75. The predicted octanol–water partition coefficient (Wildman–Crippen LogP) is 0.517. The highest BCUT2D eigenvalue weighted by Gasteiger charge is 2.23. The molecule has 1 fully saturated rings. The Morgan fingerprint density at radius 3 is 2.54 bits per heavy atom. The maximum absolute atomic E-state index is 12.4. The molecule has 0 aromatic heterocycles. The Morgan fingerprint density at radius 1 is 1.27 bits per heavy atom. The molecule has 1 aromatic rings. The fraction of sp³-hybridized carbons (Fsp3) is 0.611. The summed E-state index contributed by atoms with van der Waals surface area (Å²) >= 11 is 0. The van der Waals surface area contributed by atoms with Gasteiger partial charge in [0, 0.05) is 38.6 Å². The van der Waals surface area contributed by atoms with Gasteiger partial charge >= 0.3 is 0 Å². The van der Waals surface area contributed by atoms with E-state index in [9.17, 15) is 13.2 Å². The summed E-state index contributed by atoms with van der Waals surface area (Å²) in [5.41, 5.74) is 0. The van der Waals surface area contributed by atoms with Gasteiger partial charge in [-0.15, -0.1) is 0 Å². The highest BCUT2D eigenvalue weighted by atomic mass is 32.2. The van der Waals surface area contributed by atoms with Gasteiger partial charge in [0.15, 0.2) is 9.84 Å². The minimum atomic E-state index is -3.51. The SMILES string of the molecule is COc1ccc(S(=O)(=O)CC(C)C(=O)NCCCN2CCNCC2)cc1. The zero-order valence-electron chi connectivity index (χ0n) is 15.5. The molecule has 2 N–H and O–H groups in total. The molecule has 0 aliphatic carbocycles. The molecule has 0 saturated carbocycles. The van der Waals surface area contributed by atoms with Gasteiger partial charge in [0.1, 0.15) is 5.75 Å². The third-order valence-electron chi connectivity index (χ3n) is 4.50. The third-order valence-corrected chi connectivity index (χ3v) is 6.42. The number of ether oxygens (including phenoxy) is 1. The smallest absolute Gasteiger partial charge is 0.223 e. The van der Waals surface area contributed by atoms with Crippen molar-refractivity contribution in [3.8, 4) is 5.75 Å². The number of carbonyl (C=O) groups is 1. The number of nitrogens with one attached hydrogen (secondary N) is 2. The van der Waals surface area contributed by atoms with E-state index in [4.69, 9.17) is 4.74 Å². The van der Waals surface area contributed by atoms with Gasteiger partial charge in [-0.2, -0.15) is 0 Å². The van der Waals surface area contributed by atoms with Crippen molar-refractivity contribution < 1.29 is 17.9 Å². The van der Waals surface area contributed by atoms with E-state index < -0.39 is 15.8 Å². The van der Waals surface area contributed by atoms with Gasteiger partial charge in [-0.25, -0.2) is 8.42 Å². The summed E-state index contributed by atoms with van der Waals surface area (Å²) in [6.45, 7) is 7.23. The number of hydrogen-bond donors (Lipinski definition) is 2. The molecule has 146 valence electrons. The Hall–Kier alpha value is -1.64. The van der Waals surface area contributed by atoms with Crippen molar-refractivity contribution in [2.24, 2.45) is 5.92 Å². The Bertz CT molecular complexity index is 670. The number of amides is 1. The van der Waals surface area contributed by atoms with Gasteiger partial charge < -0.3 is 20.3 Å². The number of piperazine rings is 1. The minimum Gasteiger partial charge on any atom is -0.497 e. The van der Waals surface area contributed by atoms with Crippen LogP contribution in [-0.2, 0) is 14.6 Å². The first-order valence-corrected chi connectivity index (χ1v) is 10.6. The molecule has 1 aliphatic heterocycles. The van der Waals surface area contributed by atoms with Crippen molar-refractivity contribution in [1.29, 1.82) is 0 Å². The molecule has 8 heteroatoms. The van der Waals surface area contributed by atoms with E-state index in [1.165, 1.54) is 19.2 Å².